The van der Waals surface area contributed by atoms with E-state index in [1.165, 1.54) is 20.3 Å². The van der Waals surface area contributed by atoms with E-state index in [-0.39, 0.29) is 5.45 Å². The average Bonchev–Trinajstić information content (AvgIpc) is 1.60. The van der Waals surface area contributed by atoms with Crippen LogP contribution in [0.25, 0.3) is 5.53 Å². The Morgan fingerprint density at radius 3 is 1.90 bits per heavy atom. The summed E-state index contributed by atoms with van der Waals surface area (Å²) in [6, 6.07) is 0. The van der Waals surface area contributed by atoms with Gasteiger partial charge < -0.3 is 10.1 Å². The fourth-order valence-electron chi connectivity index (χ4n) is 0.557. The van der Waals surface area contributed by atoms with Crippen molar-refractivity contribution in [2.45, 2.75) is 6.92 Å². The van der Waals surface area contributed by atoms with Crippen molar-refractivity contribution in [3.63, 3.8) is 0 Å². The maximum absolute atomic E-state index is 11.1. The third kappa shape index (κ3) is 2.26. The summed E-state index contributed by atoms with van der Waals surface area (Å²) in [5, 5.41) is 0. The zero-order valence-corrected chi connectivity index (χ0v) is 7.05. The molecular weight excluding hydrogens is 151 g/mol. The fraction of sp³-hybridized carbons (Fsp3) is 0.600. The summed E-state index contributed by atoms with van der Waals surface area (Å²) in [4.78, 5) is 13.2. The van der Waals surface area contributed by atoms with E-state index in [0.717, 1.165) is 0 Å². The molecule has 0 fully saturated rings. The van der Waals surface area contributed by atoms with Gasteiger partial charge in [0.15, 0.2) is 7.14 Å². The second kappa shape index (κ2) is 2.91. The highest BCUT2D eigenvalue weighted by Crippen LogP contribution is 2.36. The molecule has 0 aromatic heterocycles. The first-order valence-electron chi connectivity index (χ1n) is 2.68. The van der Waals surface area contributed by atoms with Crippen LogP contribution >= 0.6 is 7.14 Å². The van der Waals surface area contributed by atoms with E-state index in [4.69, 9.17) is 5.53 Å². The minimum atomic E-state index is -2.68. The lowest BCUT2D eigenvalue weighted by Crippen LogP contribution is -2.10. The van der Waals surface area contributed by atoms with Crippen LogP contribution in [-0.4, -0.2) is 29.4 Å². The topological polar surface area (TPSA) is 70.5 Å². The largest absolute Gasteiger partial charge is 0.388 e. The van der Waals surface area contributed by atoms with Crippen LogP contribution in [0.1, 0.15) is 6.92 Å². The van der Waals surface area contributed by atoms with E-state index in [2.05, 4.69) is 4.79 Å². The predicted octanol–water partition coefficient (Wildman–Crippen LogP) is 0.826. The van der Waals surface area contributed by atoms with Crippen molar-refractivity contribution in [2.24, 2.45) is 0 Å². The van der Waals surface area contributed by atoms with Gasteiger partial charge >= 0.3 is 5.45 Å². The van der Waals surface area contributed by atoms with E-state index < -0.39 is 12.9 Å². The Hall–Kier alpha value is -0.720. The van der Waals surface area contributed by atoms with Crippen LogP contribution in [0.3, 0.4) is 0 Å². The number of nitrogens with zero attached hydrogens (tertiary/aromatic N) is 2. The van der Waals surface area contributed by atoms with Gasteiger partial charge in [-0.3, -0.25) is 4.79 Å². The lowest BCUT2D eigenvalue weighted by molar-refractivity contribution is -0.114. The van der Waals surface area contributed by atoms with Crippen LogP contribution in [0.15, 0.2) is 0 Å². The standard InChI is InChI=1S/C5H9N2O2P/c1-4(8)5(7-6)10(2,3)9/h1-3H3. The number of hydrogen-bond donors (Lipinski definition) is 0. The summed E-state index contributed by atoms with van der Waals surface area (Å²) < 4.78 is 11.1. The molecule has 0 aliphatic heterocycles. The molecule has 0 spiro atoms. The van der Waals surface area contributed by atoms with Gasteiger partial charge in [-0.1, -0.05) is 0 Å². The molecule has 0 saturated heterocycles. The first-order chi connectivity index (χ1) is 4.39. The quantitative estimate of drug-likeness (QED) is 0.260. The van der Waals surface area contributed by atoms with E-state index in [0.29, 0.717) is 0 Å². The molecule has 0 aliphatic carbocycles. The van der Waals surface area contributed by atoms with Crippen molar-refractivity contribution in [3.05, 3.63) is 5.53 Å². The molecule has 4 nitrogen and oxygen atoms in total. The Morgan fingerprint density at radius 2 is 1.90 bits per heavy atom. The van der Waals surface area contributed by atoms with Gasteiger partial charge in [-0.05, 0) is 13.3 Å². The zero-order chi connectivity index (χ0) is 8.36. The van der Waals surface area contributed by atoms with Crippen molar-refractivity contribution in [1.29, 1.82) is 0 Å². The maximum Gasteiger partial charge on any atom is 0.388 e. The number of hydrogen-bond acceptors (Lipinski definition) is 2. The van der Waals surface area contributed by atoms with Gasteiger partial charge in [-0.2, -0.15) is 4.79 Å². The molecule has 0 N–H and O–H groups in total. The van der Waals surface area contributed by atoms with Crippen LogP contribution in [0.4, 0.5) is 0 Å². The third-order valence-corrected chi connectivity index (χ3v) is 2.34. The number of carbonyl (C=O) groups excluding carboxylic acids is 1. The molecule has 0 atom stereocenters. The smallest absolute Gasteiger partial charge is 0.360 e. The molecule has 5 heteroatoms. The summed E-state index contributed by atoms with van der Waals surface area (Å²) in [7, 11) is -2.68. The molecule has 0 heterocycles. The Morgan fingerprint density at radius 1 is 1.50 bits per heavy atom. The van der Waals surface area contributed by atoms with Gasteiger partial charge in [0.05, 0.1) is 0 Å². The second-order valence-corrected chi connectivity index (χ2v) is 5.46. The van der Waals surface area contributed by atoms with Crippen LogP contribution < -0.4 is 0 Å². The molecular formula is C5H9N2O2P. The Kier molecular flexibility index (Phi) is 2.70. The molecule has 0 aromatic rings. The molecule has 0 rings (SSSR count). The van der Waals surface area contributed by atoms with Gasteiger partial charge in [0.2, 0.25) is 5.78 Å². The van der Waals surface area contributed by atoms with Crippen molar-refractivity contribution in [1.82, 2.24) is 0 Å². The SMILES string of the molecule is CC(=O)C(=[N+]=[N-])P(C)(C)=O. The molecule has 10 heavy (non-hydrogen) atoms. The Balaban J connectivity index is 4.94. The van der Waals surface area contributed by atoms with Gasteiger partial charge in [0.1, 0.15) is 0 Å². The zero-order valence-electron chi connectivity index (χ0n) is 6.16. The average molecular weight is 160 g/mol. The first kappa shape index (κ1) is 9.28. The van der Waals surface area contributed by atoms with Gasteiger partial charge in [-0.25, -0.2) is 0 Å². The van der Waals surface area contributed by atoms with Crippen molar-refractivity contribution in [3.8, 4) is 0 Å². The van der Waals surface area contributed by atoms with Gasteiger partial charge in [-0.15, -0.1) is 0 Å². The molecule has 0 bridgehead atoms. The molecule has 0 unspecified atom stereocenters. The van der Waals surface area contributed by atoms with Crippen LogP contribution in [0.5, 0.6) is 0 Å². The van der Waals surface area contributed by atoms with Crippen LogP contribution in [0.2, 0.25) is 0 Å². The van der Waals surface area contributed by atoms with E-state index in [9.17, 15) is 9.36 Å². The summed E-state index contributed by atoms with van der Waals surface area (Å²) in [6.45, 7) is 3.97. The molecule has 56 valence electrons. The minimum absolute atomic E-state index is 0.229. The fourth-order valence-corrected chi connectivity index (χ4v) is 1.53. The Bertz CT molecular complexity index is 246. The summed E-state index contributed by atoms with van der Waals surface area (Å²) >= 11 is 0. The summed E-state index contributed by atoms with van der Waals surface area (Å²) in [6.07, 6.45) is 0. The lowest BCUT2D eigenvalue weighted by atomic mass is 10.5. The predicted molar refractivity (Wildman–Crippen MR) is 38.8 cm³/mol. The Labute approximate surface area is 59.2 Å². The highest BCUT2D eigenvalue weighted by atomic mass is 31.2. The molecule has 0 saturated carbocycles. The normalized spacial score (nSPS) is 10.3. The lowest BCUT2D eigenvalue weighted by Gasteiger charge is -1.94. The van der Waals surface area contributed by atoms with E-state index >= 15 is 0 Å². The number of ketones is 1. The first-order valence-corrected chi connectivity index (χ1v) is 5.28. The summed E-state index contributed by atoms with van der Waals surface area (Å²) in [5.74, 6) is -0.448. The number of carbonyl (C=O) groups is 1. The minimum Gasteiger partial charge on any atom is -0.360 e. The second-order valence-electron chi connectivity index (χ2n) is 2.33. The van der Waals surface area contributed by atoms with Gasteiger partial charge in [0.25, 0.3) is 0 Å². The third-order valence-electron chi connectivity index (χ3n) is 0.920. The van der Waals surface area contributed by atoms with E-state index in [1.54, 1.807) is 0 Å². The monoisotopic (exact) mass is 160 g/mol. The van der Waals surface area contributed by atoms with Crippen molar-refractivity contribution >= 4 is 18.4 Å². The van der Waals surface area contributed by atoms with Crippen LogP contribution in [0, 0.1) is 0 Å². The number of rotatable bonds is 2. The summed E-state index contributed by atoms with van der Waals surface area (Å²) in [5.41, 5.74) is 8.00. The highest BCUT2D eigenvalue weighted by Gasteiger charge is 2.29. The number of Topliss-reactive ketones (excluding diaryl/α,β-unsaturated/α-hetero) is 1. The maximum atomic E-state index is 11.1. The van der Waals surface area contributed by atoms with Crippen molar-refractivity contribution in [2.75, 3.05) is 13.3 Å². The van der Waals surface area contributed by atoms with Gasteiger partial charge in [0, 0.05) is 6.92 Å². The van der Waals surface area contributed by atoms with Crippen molar-refractivity contribution < 1.29 is 14.1 Å². The van der Waals surface area contributed by atoms with E-state index in [1.807, 2.05) is 0 Å². The molecule has 0 aliphatic rings. The molecule has 0 radical (unpaired) electrons. The highest BCUT2D eigenvalue weighted by molar-refractivity contribution is 7.81. The molecule has 0 aromatic carbocycles. The van der Waals surface area contributed by atoms with Crippen LogP contribution in [-0.2, 0) is 9.36 Å². The molecule has 0 amide bonds.